The second kappa shape index (κ2) is 4.12. The van der Waals surface area contributed by atoms with Crippen molar-refractivity contribution in [1.82, 2.24) is 0 Å². The van der Waals surface area contributed by atoms with Gasteiger partial charge in [-0.05, 0) is 47.8 Å². The summed E-state index contributed by atoms with van der Waals surface area (Å²) in [5.41, 5.74) is 1.91. The molecule has 1 aliphatic carbocycles. The van der Waals surface area contributed by atoms with Gasteiger partial charge < -0.3 is 4.74 Å². The number of ether oxygens (including phenoxy) is 1. The molecule has 0 N–H and O–H groups in total. The van der Waals surface area contributed by atoms with Crippen LogP contribution >= 0.6 is 0 Å². The van der Waals surface area contributed by atoms with E-state index in [2.05, 4.69) is 39.0 Å². The number of benzene rings is 1. The predicted molar refractivity (Wildman–Crippen MR) is 67.9 cm³/mol. The van der Waals surface area contributed by atoms with Gasteiger partial charge in [0.15, 0.2) is 0 Å². The summed E-state index contributed by atoms with van der Waals surface area (Å²) < 4.78 is 5.27. The van der Waals surface area contributed by atoms with Crippen LogP contribution < -0.4 is 4.74 Å². The van der Waals surface area contributed by atoms with Crippen LogP contribution in [0.25, 0.3) is 0 Å². The summed E-state index contributed by atoms with van der Waals surface area (Å²) >= 11 is 0. The summed E-state index contributed by atoms with van der Waals surface area (Å²) in [7, 11) is 1.73. The van der Waals surface area contributed by atoms with E-state index < -0.39 is 0 Å². The Labute approximate surface area is 98.8 Å². The lowest BCUT2D eigenvalue weighted by Crippen LogP contribution is -2.06. The van der Waals surface area contributed by atoms with E-state index in [1.807, 2.05) is 6.07 Å². The van der Waals surface area contributed by atoms with Crippen LogP contribution in [0, 0.1) is 11.3 Å². The largest absolute Gasteiger partial charge is 0.497 e. The number of hydrogen-bond donors (Lipinski definition) is 0. The number of rotatable bonds is 3. The summed E-state index contributed by atoms with van der Waals surface area (Å²) in [4.78, 5) is 0. The van der Waals surface area contributed by atoms with Gasteiger partial charge in [-0.25, -0.2) is 0 Å². The van der Waals surface area contributed by atoms with E-state index in [-0.39, 0.29) is 0 Å². The lowest BCUT2D eigenvalue weighted by molar-refractivity contribution is 0.350. The average Bonchev–Trinajstić information content (AvgIpc) is 2.94. The molecule has 2 rings (SSSR count). The quantitative estimate of drug-likeness (QED) is 0.737. The third kappa shape index (κ3) is 2.78. The molecule has 0 aromatic heterocycles. The van der Waals surface area contributed by atoms with Crippen molar-refractivity contribution in [3.05, 3.63) is 29.8 Å². The lowest BCUT2D eigenvalue weighted by atomic mass is 9.88. The lowest BCUT2D eigenvalue weighted by Gasteiger charge is -2.17. The molecule has 1 saturated carbocycles. The maximum atomic E-state index is 5.27. The Morgan fingerprint density at radius 2 is 2.06 bits per heavy atom. The predicted octanol–water partition coefficient (Wildman–Crippen LogP) is 4.23. The highest BCUT2D eigenvalue weighted by molar-refractivity contribution is 5.34. The zero-order chi connectivity index (χ0) is 11.8. The van der Waals surface area contributed by atoms with Crippen molar-refractivity contribution in [1.29, 1.82) is 0 Å². The van der Waals surface area contributed by atoms with Crippen LogP contribution in [0.4, 0.5) is 0 Å². The van der Waals surface area contributed by atoms with Gasteiger partial charge >= 0.3 is 0 Å². The maximum absolute atomic E-state index is 5.27. The van der Waals surface area contributed by atoms with E-state index in [0.29, 0.717) is 5.41 Å². The summed E-state index contributed by atoms with van der Waals surface area (Å²) in [6, 6.07) is 8.54. The first-order valence-corrected chi connectivity index (χ1v) is 6.13. The van der Waals surface area contributed by atoms with Crippen LogP contribution in [0.15, 0.2) is 24.3 Å². The Morgan fingerprint density at radius 1 is 1.31 bits per heavy atom. The second-order valence-corrected chi connectivity index (χ2v) is 6.14. The Hall–Kier alpha value is -0.980. The minimum atomic E-state index is 0.457. The zero-order valence-corrected chi connectivity index (χ0v) is 10.8. The summed E-state index contributed by atoms with van der Waals surface area (Å²) in [6.07, 6.45) is 2.68. The molecule has 1 aromatic rings. The molecule has 1 aromatic carbocycles. The van der Waals surface area contributed by atoms with Gasteiger partial charge in [-0.1, -0.05) is 32.9 Å². The summed E-state index contributed by atoms with van der Waals surface area (Å²) in [5.74, 6) is 2.64. The minimum Gasteiger partial charge on any atom is -0.497 e. The van der Waals surface area contributed by atoms with Gasteiger partial charge in [0.05, 0.1) is 7.11 Å². The molecule has 0 heterocycles. The Kier molecular flexibility index (Phi) is 2.96. The first kappa shape index (κ1) is 11.5. The molecule has 2 atom stereocenters. The molecule has 0 aliphatic heterocycles. The molecule has 88 valence electrons. The van der Waals surface area contributed by atoms with Gasteiger partial charge in [-0.2, -0.15) is 0 Å². The Morgan fingerprint density at radius 3 is 2.69 bits per heavy atom. The van der Waals surface area contributed by atoms with E-state index in [1.54, 1.807) is 7.11 Å². The molecular weight excluding hydrogens is 196 g/mol. The fourth-order valence-electron chi connectivity index (χ4n) is 2.54. The molecule has 2 unspecified atom stereocenters. The van der Waals surface area contributed by atoms with Crippen LogP contribution in [0.1, 0.15) is 45.1 Å². The smallest absolute Gasteiger partial charge is 0.119 e. The van der Waals surface area contributed by atoms with Crippen molar-refractivity contribution < 1.29 is 4.74 Å². The van der Waals surface area contributed by atoms with Crippen molar-refractivity contribution in [2.75, 3.05) is 7.11 Å². The van der Waals surface area contributed by atoms with Gasteiger partial charge in [-0.15, -0.1) is 0 Å². The van der Waals surface area contributed by atoms with Crippen molar-refractivity contribution in [3.8, 4) is 5.75 Å². The molecule has 1 fully saturated rings. The van der Waals surface area contributed by atoms with E-state index in [4.69, 9.17) is 4.74 Å². The monoisotopic (exact) mass is 218 g/mol. The standard InChI is InChI=1S/C15H22O/c1-15(2,3)10-12-9-14(12)11-6-5-7-13(8-11)16-4/h5-8,12,14H,9-10H2,1-4H3. The molecule has 0 amide bonds. The fourth-order valence-corrected chi connectivity index (χ4v) is 2.54. The van der Waals surface area contributed by atoms with Crippen LogP contribution in [-0.2, 0) is 0 Å². The van der Waals surface area contributed by atoms with Crippen molar-refractivity contribution >= 4 is 0 Å². The van der Waals surface area contributed by atoms with Crippen LogP contribution in [-0.4, -0.2) is 7.11 Å². The molecular formula is C15H22O. The molecule has 0 radical (unpaired) electrons. The maximum Gasteiger partial charge on any atom is 0.119 e. The van der Waals surface area contributed by atoms with E-state index >= 15 is 0 Å². The third-order valence-corrected chi connectivity index (χ3v) is 3.32. The van der Waals surface area contributed by atoms with E-state index in [9.17, 15) is 0 Å². The molecule has 0 spiro atoms. The van der Waals surface area contributed by atoms with Gasteiger partial charge in [0.2, 0.25) is 0 Å². The van der Waals surface area contributed by atoms with Crippen LogP contribution in [0.5, 0.6) is 5.75 Å². The van der Waals surface area contributed by atoms with Gasteiger partial charge in [0.1, 0.15) is 5.75 Å². The van der Waals surface area contributed by atoms with Gasteiger partial charge in [-0.3, -0.25) is 0 Å². The van der Waals surface area contributed by atoms with Gasteiger partial charge in [0, 0.05) is 0 Å². The number of methoxy groups -OCH3 is 1. The molecule has 1 heteroatoms. The van der Waals surface area contributed by atoms with Crippen LogP contribution in [0.2, 0.25) is 0 Å². The average molecular weight is 218 g/mol. The Bertz CT molecular complexity index is 362. The zero-order valence-electron chi connectivity index (χ0n) is 10.8. The highest BCUT2D eigenvalue weighted by Crippen LogP contribution is 2.53. The summed E-state index contributed by atoms with van der Waals surface area (Å²) in [5, 5.41) is 0. The molecule has 16 heavy (non-hydrogen) atoms. The molecule has 0 bridgehead atoms. The minimum absolute atomic E-state index is 0.457. The van der Waals surface area contributed by atoms with Crippen LogP contribution in [0.3, 0.4) is 0 Å². The first-order valence-electron chi connectivity index (χ1n) is 6.13. The third-order valence-electron chi connectivity index (χ3n) is 3.32. The molecule has 1 aliphatic rings. The van der Waals surface area contributed by atoms with E-state index in [0.717, 1.165) is 17.6 Å². The van der Waals surface area contributed by atoms with Crippen molar-refractivity contribution in [2.45, 2.75) is 39.5 Å². The molecule has 0 saturated heterocycles. The normalized spacial score (nSPS) is 24.2. The molecule has 1 nitrogen and oxygen atoms in total. The topological polar surface area (TPSA) is 9.23 Å². The first-order chi connectivity index (χ1) is 7.49. The number of hydrogen-bond acceptors (Lipinski definition) is 1. The summed E-state index contributed by atoms with van der Waals surface area (Å²) in [6.45, 7) is 6.98. The second-order valence-electron chi connectivity index (χ2n) is 6.14. The Balaban J connectivity index is 2.00. The van der Waals surface area contributed by atoms with Crippen molar-refractivity contribution in [3.63, 3.8) is 0 Å². The highest BCUT2D eigenvalue weighted by Gasteiger charge is 2.40. The van der Waals surface area contributed by atoms with Crippen molar-refractivity contribution in [2.24, 2.45) is 11.3 Å². The van der Waals surface area contributed by atoms with E-state index in [1.165, 1.54) is 18.4 Å². The SMILES string of the molecule is COc1cccc(C2CC2CC(C)(C)C)c1. The van der Waals surface area contributed by atoms with Gasteiger partial charge in [0.25, 0.3) is 0 Å². The highest BCUT2D eigenvalue weighted by atomic mass is 16.5. The fraction of sp³-hybridized carbons (Fsp3) is 0.600.